The zero-order valence-electron chi connectivity index (χ0n) is 10.8. The van der Waals surface area contributed by atoms with E-state index in [-0.39, 0.29) is 0 Å². The molecule has 0 aromatic carbocycles. The third kappa shape index (κ3) is 4.12. The van der Waals surface area contributed by atoms with E-state index in [1.165, 1.54) is 12.0 Å². The minimum Gasteiger partial charge on any atom is -0.359 e. The van der Waals surface area contributed by atoms with E-state index < -0.39 is 0 Å². The van der Waals surface area contributed by atoms with Crippen LogP contribution in [0, 0.1) is 12.3 Å². The van der Waals surface area contributed by atoms with Gasteiger partial charge in [-0.05, 0) is 46.3 Å². The lowest BCUT2D eigenvalue weighted by Crippen LogP contribution is -2.24. The maximum absolute atomic E-state index is 4.46. The Balaban J connectivity index is 2.70. The highest BCUT2D eigenvalue weighted by molar-refractivity contribution is 9.10. The standard InChI is InChI=1S/C13H21BrN2/c1-10-8-11(14)9-15-12(10)16(5)7-6-13(2,3)4/h8-9H,6-7H2,1-5H3. The first kappa shape index (κ1) is 13.5. The first-order valence-corrected chi connectivity index (χ1v) is 6.42. The van der Waals surface area contributed by atoms with Crippen LogP contribution < -0.4 is 4.90 Å². The SMILES string of the molecule is Cc1cc(Br)cnc1N(C)CCC(C)(C)C. The Hall–Kier alpha value is -0.570. The van der Waals surface area contributed by atoms with E-state index in [4.69, 9.17) is 0 Å². The average Bonchev–Trinajstić information content (AvgIpc) is 2.13. The molecule has 0 spiro atoms. The summed E-state index contributed by atoms with van der Waals surface area (Å²) < 4.78 is 1.04. The Morgan fingerprint density at radius 3 is 2.50 bits per heavy atom. The van der Waals surface area contributed by atoms with Crippen LogP contribution in [0.1, 0.15) is 32.8 Å². The summed E-state index contributed by atoms with van der Waals surface area (Å²) in [5, 5.41) is 0. The molecule has 0 radical (unpaired) electrons. The van der Waals surface area contributed by atoms with Gasteiger partial charge in [0.1, 0.15) is 5.82 Å². The van der Waals surface area contributed by atoms with Gasteiger partial charge in [-0.15, -0.1) is 0 Å². The molecule has 0 N–H and O–H groups in total. The van der Waals surface area contributed by atoms with E-state index in [0.717, 1.165) is 16.8 Å². The number of nitrogens with zero attached hydrogens (tertiary/aromatic N) is 2. The predicted octanol–water partition coefficient (Wildman–Crippen LogP) is 4.02. The van der Waals surface area contributed by atoms with Gasteiger partial charge in [-0.1, -0.05) is 20.8 Å². The molecule has 0 aliphatic heterocycles. The summed E-state index contributed by atoms with van der Waals surface area (Å²) in [6.45, 7) is 9.94. The van der Waals surface area contributed by atoms with Gasteiger partial charge in [0.05, 0.1) is 0 Å². The molecule has 0 aliphatic rings. The molecule has 0 saturated carbocycles. The lowest BCUT2D eigenvalue weighted by atomic mass is 9.92. The highest BCUT2D eigenvalue weighted by Crippen LogP contribution is 2.23. The van der Waals surface area contributed by atoms with Crippen molar-refractivity contribution < 1.29 is 0 Å². The predicted molar refractivity (Wildman–Crippen MR) is 74.0 cm³/mol. The molecule has 0 fully saturated rings. The van der Waals surface area contributed by atoms with Crippen molar-refractivity contribution in [2.45, 2.75) is 34.1 Å². The maximum atomic E-state index is 4.46. The van der Waals surface area contributed by atoms with E-state index in [0.29, 0.717) is 5.41 Å². The van der Waals surface area contributed by atoms with Crippen molar-refractivity contribution in [3.63, 3.8) is 0 Å². The molecular weight excluding hydrogens is 264 g/mol. The number of aryl methyl sites for hydroxylation is 1. The van der Waals surface area contributed by atoms with E-state index in [9.17, 15) is 0 Å². The van der Waals surface area contributed by atoms with Gasteiger partial charge in [0.15, 0.2) is 0 Å². The molecule has 1 rings (SSSR count). The number of hydrogen-bond donors (Lipinski definition) is 0. The van der Waals surface area contributed by atoms with Crippen LogP contribution in [0.5, 0.6) is 0 Å². The third-order valence-corrected chi connectivity index (χ3v) is 3.01. The molecule has 1 aromatic heterocycles. The monoisotopic (exact) mass is 284 g/mol. The second-order valence-electron chi connectivity index (χ2n) is 5.53. The molecule has 1 aromatic rings. The molecular formula is C13H21BrN2. The minimum atomic E-state index is 0.373. The molecule has 1 heterocycles. The van der Waals surface area contributed by atoms with Gasteiger partial charge in [0.2, 0.25) is 0 Å². The van der Waals surface area contributed by atoms with Crippen LogP contribution in [0.25, 0.3) is 0 Å². The molecule has 0 amide bonds. The molecule has 0 saturated heterocycles. The van der Waals surface area contributed by atoms with Crippen molar-refractivity contribution in [3.05, 3.63) is 22.3 Å². The highest BCUT2D eigenvalue weighted by Gasteiger charge is 2.13. The van der Waals surface area contributed by atoms with Crippen LogP contribution >= 0.6 is 15.9 Å². The first-order valence-electron chi connectivity index (χ1n) is 5.63. The number of pyridine rings is 1. The van der Waals surface area contributed by atoms with Crippen molar-refractivity contribution in [1.82, 2.24) is 4.98 Å². The maximum Gasteiger partial charge on any atom is 0.131 e. The van der Waals surface area contributed by atoms with Gasteiger partial charge in [0, 0.05) is 24.3 Å². The lowest BCUT2D eigenvalue weighted by molar-refractivity contribution is 0.381. The Morgan fingerprint density at radius 1 is 1.38 bits per heavy atom. The second-order valence-corrected chi connectivity index (χ2v) is 6.44. The molecule has 90 valence electrons. The fourth-order valence-corrected chi connectivity index (χ4v) is 1.99. The Bertz CT molecular complexity index is 355. The van der Waals surface area contributed by atoms with Crippen LogP contribution in [0.4, 0.5) is 5.82 Å². The summed E-state index contributed by atoms with van der Waals surface area (Å²) in [6, 6.07) is 2.11. The smallest absolute Gasteiger partial charge is 0.131 e. The number of aromatic nitrogens is 1. The fraction of sp³-hybridized carbons (Fsp3) is 0.615. The highest BCUT2D eigenvalue weighted by atomic mass is 79.9. The largest absolute Gasteiger partial charge is 0.359 e. The number of anilines is 1. The Labute approximate surface area is 107 Å². The molecule has 0 unspecified atom stereocenters. The quantitative estimate of drug-likeness (QED) is 0.833. The van der Waals surface area contributed by atoms with Crippen LogP contribution in [0.15, 0.2) is 16.7 Å². The minimum absolute atomic E-state index is 0.373. The van der Waals surface area contributed by atoms with Crippen molar-refractivity contribution in [3.8, 4) is 0 Å². The van der Waals surface area contributed by atoms with E-state index >= 15 is 0 Å². The summed E-state index contributed by atoms with van der Waals surface area (Å²) in [5.74, 6) is 1.08. The van der Waals surface area contributed by atoms with E-state index in [2.05, 4.69) is 66.6 Å². The Morgan fingerprint density at radius 2 is 2.00 bits per heavy atom. The summed E-state index contributed by atoms with van der Waals surface area (Å²) in [6.07, 6.45) is 3.02. The summed E-state index contributed by atoms with van der Waals surface area (Å²) in [4.78, 5) is 6.69. The zero-order chi connectivity index (χ0) is 12.3. The van der Waals surface area contributed by atoms with Crippen molar-refractivity contribution in [1.29, 1.82) is 0 Å². The third-order valence-electron chi connectivity index (χ3n) is 2.58. The number of rotatable bonds is 3. The van der Waals surface area contributed by atoms with Gasteiger partial charge in [-0.3, -0.25) is 0 Å². The zero-order valence-corrected chi connectivity index (χ0v) is 12.4. The van der Waals surface area contributed by atoms with E-state index in [1.54, 1.807) is 0 Å². The van der Waals surface area contributed by atoms with Gasteiger partial charge in [-0.25, -0.2) is 4.98 Å². The van der Waals surface area contributed by atoms with Crippen molar-refractivity contribution >= 4 is 21.7 Å². The fourth-order valence-electron chi connectivity index (χ4n) is 1.54. The first-order chi connectivity index (χ1) is 7.29. The van der Waals surface area contributed by atoms with Gasteiger partial charge < -0.3 is 4.90 Å². The van der Waals surface area contributed by atoms with Crippen LogP contribution in [0.2, 0.25) is 0 Å². The molecule has 3 heteroatoms. The molecule has 0 bridgehead atoms. The molecule has 0 aliphatic carbocycles. The lowest BCUT2D eigenvalue weighted by Gasteiger charge is -2.25. The normalized spacial score (nSPS) is 11.6. The Kier molecular flexibility index (Phi) is 4.36. The topological polar surface area (TPSA) is 16.1 Å². The van der Waals surface area contributed by atoms with Gasteiger partial charge in [-0.2, -0.15) is 0 Å². The van der Waals surface area contributed by atoms with Crippen LogP contribution in [-0.4, -0.2) is 18.6 Å². The van der Waals surface area contributed by atoms with Crippen LogP contribution in [-0.2, 0) is 0 Å². The van der Waals surface area contributed by atoms with Crippen molar-refractivity contribution in [2.24, 2.45) is 5.41 Å². The second kappa shape index (κ2) is 5.17. The summed E-state index contributed by atoms with van der Waals surface area (Å²) >= 11 is 3.44. The number of halogens is 1. The van der Waals surface area contributed by atoms with Crippen LogP contribution in [0.3, 0.4) is 0 Å². The summed E-state index contributed by atoms with van der Waals surface area (Å²) in [7, 11) is 2.11. The van der Waals surface area contributed by atoms with Crippen molar-refractivity contribution in [2.75, 3.05) is 18.5 Å². The van der Waals surface area contributed by atoms with Gasteiger partial charge in [0.25, 0.3) is 0 Å². The number of hydrogen-bond acceptors (Lipinski definition) is 2. The molecule has 0 atom stereocenters. The van der Waals surface area contributed by atoms with E-state index in [1.807, 2.05) is 6.20 Å². The van der Waals surface area contributed by atoms with Gasteiger partial charge >= 0.3 is 0 Å². The molecule has 2 nitrogen and oxygen atoms in total. The molecule has 16 heavy (non-hydrogen) atoms. The summed E-state index contributed by atoms with van der Waals surface area (Å²) in [5.41, 5.74) is 1.59. The average molecular weight is 285 g/mol.